The highest BCUT2D eigenvalue weighted by atomic mass is 16.6. The average Bonchev–Trinajstić information content (AvgIpc) is 3.43. The van der Waals surface area contributed by atoms with Gasteiger partial charge in [0.05, 0.1) is 12.3 Å². The van der Waals surface area contributed by atoms with Crippen molar-refractivity contribution in [1.29, 1.82) is 0 Å². The molecule has 2 aromatic heterocycles. The standard InChI is InChI=1S/C19H23N5O3/c1-23(13-14-6-7-15-16(11-14)22-27-21-15)19(25)20-12-17(18-5-4-10-26-18)24-8-2-3-9-24/h4-7,10-11,17H,2-3,8-9,12-13H2,1H3,(H,20,25)/t17-/m1/s1. The Morgan fingerprint density at radius 1 is 1.26 bits per heavy atom. The van der Waals surface area contributed by atoms with E-state index in [4.69, 9.17) is 9.05 Å². The SMILES string of the molecule is CN(Cc1ccc2nonc2c1)C(=O)NC[C@H](c1ccco1)N1CCCC1. The Morgan fingerprint density at radius 2 is 2.07 bits per heavy atom. The second-order valence-electron chi connectivity index (χ2n) is 6.90. The molecule has 142 valence electrons. The molecule has 0 bridgehead atoms. The molecular formula is C19H23N5O3. The van der Waals surface area contributed by atoms with E-state index in [2.05, 4.69) is 20.5 Å². The number of rotatable bonds is 6. The Labute approximate surface area is 157 Å². The number of hydrogen-bond donors (Lipinski definition) is 1. The van der Waals surface area contributed by atoms with Crippen LogP contribution in [-0.2, 0) is 6.54 Å². The van der Waals surface area contributed by atoms with Gasteiger partial charge in [-0.3, -0.25) is 4.90 Å². The predicted octanol–water partition coefficient (Wildman–Crippen LogP) is 2.79. The van der Waals surface area contributed by atoms with Gasteiger partial charge in [0.1, 0.15) is 16.8 Å². The van der Waals surface area contributed by atoms with E-state index in [1.54, 1.807) is 18.2 Å². The Hall–Kier alpha value is -2.87. The Bertz CT molecular complexity index is 886. The predicted molar refractivity (Wildman–Crippen MR) is 98.9 cm³/mol. The molecule has 0 aliphatic carbocycles. The first-order valence-electron chi connectivity index (χ1n) is 9.18. The second-order valence-corrected chi connectivity index (χ2v) is 6.90. The first-order chi connectivity index (χ1) is 13.2. The van der Waals surface area contributed by atoms with Crippen molar-refractivity contribution in [3.63, 3.8) is 0 Å². The van der Waals surface area contributed by atoms with Crippen LogP contribution in [0.2, 0.25) is 0 Å². The Kier molecular flexibility index (Phi) is 5.06. The van der Waals surface area contributed by atoms with Crippen molar-refractivity contribution < 1.29 is 13.8 Å². The van der Waals surface area contributed by atoms with E-state index < -0.39 is 0 Å². The third-order valence-corrected chi connectivity index (χ3v) is 4.98. The molecule has 2 amide bonds. The largest absolute Gasteiger partial charge is 0.468 e. The third-order valence-electron chi connectivity index (χ3n) is 4.98. The smallest absolute Gasteiger partial charge is 0.317 e. The molecule has 4 rings (SSSR count). The van der Waals surface area contributed by atoms with E-state index in [1.165, 1.54) is 12.8 Å². The zero-order valence-corrected chi connectivity index (χ0v) is 15.3. The third kappa shape index (κ3) is 3.95. The number of fused-ring (bicyclic) bond motifs is 1. The fraction of sp³-hybridized carbons (Fsp3) is 0.421. The minimum atomic E-state index is -0.121. The van der Waals surface area contributed by atoms with Crippen LogP contribution in [0.1, 0.15) is 30.2 Å². The summed E-state index contributed by atoms with van der Waals surface area (Å²) in [5.74, 6) is 0.892. The van der Waals surface area contributed by atoms with Crippen LogP contribution >= 0.6 is 0 Å². The van der Waals surface area contributed by atoms with Gasteiger partial charge in [-0.05, 0) is 66.1 Å². The van der Waals surface area contributed by atoms with E-state index in [-0.39, 0.29) is 12.1 Å². The number of aromatic nitrogens is 2. The van der Waals surface area contributed by atoms with Crippen LogP contribution in [-0.4, -0.2) is 52.8 Å². The lowest BCUT2D eigenvalue weighted by atomic mass is 10.2. The molecule has 1 aromatic carbocycles. The summed E-state index contributed by atoms with van der Waals surface area (Å²) in [5, 5.41) is 10.7. The number of nitrogens with zero attached hydrogens (tertiary/aromatic N) is 4. The van der Waals surface area contributed by atoms with Crippen molar-refractivity contribution in [2.45, 2.75) is 25.4 Å². The van der Waals surface area contributed by atoms with Gasteiger partial charge in [0.15, 0.2) is 0 Å². The number of carbonyl (C=O) groups is 1. The van der Waals surface area contributed by atoms with E-state index in [9.17, 15) is 4.79 Å². The quantitative estimate of drug-likeness (QED) is 0.719. The van der Waals surface area contributed by atoms with E-state index >= 15 is 0 Å². The number of carbonyl (C=O) groups excluding carboxylic acids is 1. The minimum Gasteiger partial charge on any atom is -0.468 e. The van der Waals surface area contributed by atoms with Crippen molar-refractivity contribution in [3.8, 4) is 0 Å². The van der Waals surface area contributed by atoms with Crippen LogP contribution in [0.3, 0.4) is 0 Å². The van der Waals surface area contributed by atoms with Gasteiger partial charge < -0.3 is 14.6 Å². The molecule has 1 aliphatic rings. The van der Waals surface area contributed by atoms with Crippen LogP contribution in [0.15, 0.2) is 45.6 Å². The average molecular weight is 369 g/mol. The number of likely N-dealkylation sites (tertiary alicyclic amines) is 1. The molecule has 0 spiro atoms. The van der Waals surface area contributed by atoms with Gasteiger partial charge in [-0.25, -0.2) is 9.42 Å². The lowest BCUT2D eigenvalue weighted by Gasteiger charge is -2.27. The van der Waals surface area contributed by atoms with E-state index in [0.29, 0.717) is 24.1 Å². The number of benzene rings is 1. The highest BCUT2D eigenvalue weighted by Crippen LogP contribution is 2.25. The molecule has 1 saturated heterocycles. The topological polar surface area (TPSA) is 87.6 Å². The maximum atomic E-state index is 12.6. The molecule has 1 atom stereocenters. The molecule has 3 aromatic rings. The summed E-state index contributed by atoms with van der Waals surface area (Å²) in [4.78, 5) is 16.6. The fourth-order valence-corrected chi connectivity index (χ4v) is 3.53. The van der Waals surface area contributed by atoms with Gasteiger partial charge in [0.2, 0.25) is 0 Å². The maximum Gasteiger partial charge on any atom is 0.317 e. The zero-order valence-electron chi connectivity index (χ0n) is 15.3. The second kappa shape index (κ2) is 7.79. The Morgan fingerprint density at radius 3 is 2.85 bits per heavy atom. The molecule has 27 heavy (non-hydrogen) atoms. The minimum absolute atomic E-state index is 0.0670. The fourth-order valence-electron chi connectivity index (χ4n) is 3.53. The van der Waals surface area contributed by atoms with Crippen molar-refractivity contribution in [1.82, 2.24) is 25.4 Å². The van der Waals surface area contributed by atoms with Gasteiger partial charge in [0.25, 0.3) is 0 Å². The van der Waals surface area contributed by atoms with Crippen molar-refractivity contribution >= 4 is 17.1 Å². The summed E-state index contributed by atoms with van der Waals surface area (Å²) in [6, 6.07) is 9.45. The van der Waals surface area contributed by atoms with Gasteiger partial charge >= 0.3 is 6.03 Å². The summed E-state index contributed by atoms with van der Waals surface area (Å²) in [7, 11) is 1.78. The first-order valence-corrected chi connectivity index (χ1v) is 9.18. The molecule has 1 fully saturated rings. The molecule has 8 heteroatoms. The monoisotopic (exact) mass is 369 g/mol. The number of amides is 2. The number of hydrogen-bond acceptors (Lipinski definition) is 6. The molecule has 8 nitrogen and oxygen atoms in total. The van der Waals surface area contributed by atoms with Gasteiger partial charge in [0, 0.05) is 20.1 Å². The molecular weight excluding hydrogens is 346 g/mol. The molecule has 0 radical (unpaired) electrons. The van der Waals surface area contributed by atoms with Gasteiger partial charge in [-0.1, -0.05) is 6.07 Å². The van der Waals surface area contributed by atoms with Crippen molar-refractivity contribution in [2.75, 3.05) is 26.7 Å². The van der Waals surface area contributed by atoms with Crippen LogP contribution in [0.4, 0.5) is 4.79 Å². The first kappa shape index (κ1) is 17.5. The summed E-state index contributed by atoms with van der Waals surface area (Å²) in [6.07, 6.45) is 4.05. The summed E-state index contributed by atoms with van der Waals surface area (Å²) >= 11 is 0. The highest BCUT2D eigenvalue weighted by molar-refractivity contribution is 5.75. The molecule has 1 N–H and O–H groups in total. The van der Waals surface area contributed by atoms with Crippen molar-refractivity contribution in [2.24, 2.45) is 0 Å². The molecule has 0 unspecified atom stereocenters. The number of urea groups is 1. The Balaban J connectivity index is 1.36. The lowest BCUT2D eigenvalue weighted by molar-refractivity contribution is 0.187. The van der Waals surface area contributed by atoms with Gasteiger partial charge in [-0.15, -0.1) is 0 Å². The van der Waals surface area contributed by atoms with Crippen LogP contribution in [0, 0.1) is 0 Å². The van der Waals surface area contributed by atoms with Crippen molar-refractivity contribution in [3.05, 3.63) is 47.9 Å². The highest BCUT2D eigenvalue weighted by Gasteiger charge is 2.26. The van der Waals surface area contributed by atoms with E-state index in [0.717, 1.165) is 24.4 Å². The zero-order chi connectivity index (χ0) is 18.6. The normalized spacial score (nSPS) is 15.9. The van der Waals surface area contributed by atoms with Crippen LogP contribution in [0.25, 0.3) is 11.0 Å². The van der Waals surface area contributed by atoms with E-state index in [1.807, 2.05) is 30.3 Å². The molecule has 3 heterocycles. The lowest BCUT2D eigenvalue weighted by Crippen LogP contribution is -2.42. The number of nitrogens with one attached hydrogen (secondary N) is 1. The molecule has 1 aliphatic heterocycles. The van der Waals surface area contributed by atoms with Gasteiger partial charge in [-0.2, -0.15) is 0 Å². The summed E-state index contributed by atoms with van der Waals surface area (Å²) in [6.45, 7) is 3.05. The van der Waals surface area contributed by atoms with Crippen LogP contribution < -0.4 is 5.32 Å². The van der Waals surface area contributed by atoms with Crippen LogP contribution in [0.5, 0.6) is 0 Å². The summed E-state index contributed by atoms with van der Waals surface area (Å²) < 4.78 is 10.3. The number of furan rings is 1. The summed E-state index contributed by atoms with van der Waals surface area (Å²) in [5.41, 5.74) is 2.36. The molecule has 0 saturated carbocycles. The maximum absolute atomic E-state index is 12.6.